The maximum Gasteiger partial charge on any atom is 0.0532 e. The third-order valence-corrected chi connectivity index (χ3v) is 3.75. The molecule has 1 aromatic carbocycles. The molecule has 0 bridgehead atoms. The molecular weight excluding hydrogens is 260 g/mol. The predicted octanol–water partition coefficient (Wildman–Crippen LogP) is 3.11. The molecule has 108 valence electrons. The number of rotatable bonds is 5. The molecule has 0 saturated carbocycles. The van der Waals surface area contributed by atoms with Gasteiger partial charge >= 0.3 is 0 Å². The molecule has 0 aliphatic carbocycles. The molecule has 0 amide bonds. The molecule has 0 spiro atoms. The first kappa shape index (κ1) is 13.6. The average molecular weight is 280 g/mol. The van der Waals surface area contributed by atoms with E-state index in [0.29, 0.717) is 0 Å². The summed E-state index contributed by atoms with van der Waals surface area (Å²) in [7, 11) is 0. The molecule has 2 aromatic heterocycles. The van der Waals surface area contributed by atoms with E-state index in [1.807, 2.05) is 18.5 Å². The van der Waals surface area contributed by atoms with Crippen LogP contribution in [0.2, 0.25) is 0 Å². The van der Waals surface area contributed by atoms with Gasteiger partial charge in [0.15, 0.2) is 0 Å². The fourth-order valence-electron chi connectivity index (χ4n) is 2.70. The van der Waals surface area contributed by atoms with Gasteiger partial charge in [-0.3, -0.25) is 5.10 Å². The summed E-state index contributed by atoms with van der Waals surface area (Å²) >= 11 is 0. The SMILES string of the molecule is Cc1cc(CNCc2cn[nH]c2)c(C)n1-c1ccccc1. The van der Waals surface area contributed by atoms with Gasteiger partial charge < -0.3 is 9.88 Å². The maximum atomic E-state index is 3.95. The smallest absolute Gasteiger partial charge is 0.0532 e. The van der Waals surface area contributed by atoms with Crippen LogP contribution in [-0.2, 0) is 13.1 Å². The van der Waals surface area contributed by atoms with Crippen LogP contribution in [-0.4, -0.2) is 14.8 Å². The Labute approximate surface area is 124 Å². The topological polar surface area (TPSA) is 45.6 Å². The minimum absolute atomic E-state index is 0.825. The summed E-state index contributed by atoms with van der Waals surface area (Å²) in [6, 6.07) is 12.7. The molecule has 21 heavy (non-hydrogen) atoms. The quantitative estimate of drug-likeness (QED) is 0.754. The first-order chi connectivity index (χ1) is 10.3. The predicted molar refractivity (Wildman–Crippen MR) is 84.4 cm³/mol. The number of benzene rings is 1. The zero-order valence-corrected chi connectivity index (χ0v) is 12.4. The van der Waals surface area contributed by atoms with Crippen molar-refractivity contribution in [3.05, 3.63) is 71.3 Å². The molecule has 4 nitrogen and oxygen atoms in total. The Hall–Kier alpha value is -2.33. The molecular formula is C17H20N4. The van der Waals surface area contributed by atoms with Crippen molar-refractivity contribution in [3.63, 3.8) is 0 Å². The molecule has 4 heteroatoms. The molecule has 0 saturated heterocycles. The van der Waals surface area contributed by atoms with E-state index >= 15 is 0 Å². The van der Waals surface area contributed by atoms with Crippen LogP contribution in [0.1, 0.15) is 22.5 Å². The van der Waals surface area contributed by atoms with Gasteiger partial charge in [-0.2, -0.15) is 5.10 Å². The standard InChI is InChI=1S/C17H20N4/c1-13-8-16(12-18-9-15-10-19-20-11-15)14(2)21(13)17-6-4-3-5-7-17/h3-8,10-11,18H,9,12H2,1-2H3,(H,19,20). The lowest BCUT2D eigenvalue weighted by Gasteiger charge is -2.10. The van der Waals surface area contributed by atoms with Crippen LogP contribution in [0.15, 0.2) is 48.8 Å². The number of aryl methyl sites for hydroxylation is 1. The van der Waals surface area contributed by atoms with E-state index in [1.54, 1.807) is 0 Å². The van der Waals surface area contributed by atoms with Crippen molar-refractivity contribution in [1.82, 2.24) is 20.1 Å². The number of H-pyrrole nitrogens is 1. The summed E-state index contributed by atoms with van der Waals surface area (Å²) < 4.78 is 2.30. The lowest BCUT2D eigenvalue weighted by atomic mass is 10.2. The van der Waals surface area contributed by atoms with Crippen molar-refractivity contribution in [2.45, 2.75) is 26.9 Å². The van der Waals surface area contributed by atoms with Gasteiger partial charge in [-0.05, 0) is 37.6 Å². The summed E-state index contributed by atoms with van der Waals surface area (Å²) in [5.74, 6) is 0. The van der Waals surface area contributed by atoms with Crippen molar-refractivity contribution in [1.29, 1.82) is 0 Å². The van der Waals surface area contributed by atoms with Gasteiger partial charge in [0.2, 0.25) is 0 Å². The molecule has 0 unspecified atom stereocenters. The van der Waals surface area contributed by atoms with Gasteiger partial charge in [0, 0.05) is 41.9 Å². The van der Waals surface area contributed by atoms with E-state index in [2.05, 4.69) is 64.3 Å². The highest BCUT2D eigenvalue weighted by atomic mass is 15.1. The van der Waals surface area contributed by atoms with Crippen molar-refractivity contribution in [2.24, 2.45) is 0 Å². The number of nitrogens with one attached hydrogen (secondary N) is 2. The van der Waals surface area contributed by atoms with E-state index in [-0.39, 0.29) is 0 Å². The first-order valence-electron chi connectivity index (χ1n) is 7.17. The van der Waals surface area contributed by atoms with Crippen LogP contribution in [0, 0.1) is 13.8 Å². The van der Waals surface area contributed by atoms with Gasteiger partial charge in [0.1, 0.15) is 0 Å². The molecule has 3 aromatic rings. The molecule has 0 fully saturated rings. The monoisotopic (exact) mass is 280 g/mol. The largest absolute Gasteiger partial charge is 0.318 e. The second-order valence-electron chi connectivity index (χ2n) is 5.28. The van der Waals surface area contributed by atoms with Crippen molar-refractivity contribution in [2.75, 3.05) is 0 Å². The fourth-order valence-corrected chi connectivity index (χ4v) is 2.70. The number of aromatic nitrogens is 3. The van der Waals surface area contributed by atoms with Crippen LogP contribution in [0.3, 0.4) is 0 Å². The zero-order chi connectivity index (χ0) is 14.7. The lowest BCUT2D eigenvalue weighted by molar-refractivity contribution is 0.690. The van der Waals surface area contributed by atoms with Crippen LogP contribution in [0.4, 0.5) is 0 Å². The number of hydrogen-bond donors (Lipinski definition) is 2. The number of hydrogen-bond acceptors (Lipinski definition) is 2. The minimum atomic E-state index is 0.825. The third-order valence-electron chi connectivity index (χ3n) is 3.75. The van der Waals surface area contributed by atoms with Crippen LogP contribution in [0.5, 0.6) is 0 Å². The van der Waals surface area contributed by atoms with E-state index in [4.69, 9.17) is 0 Å². The summed E-state index contributed by atoms with van der Waals surface area (Å²) in [5, 5.41) is 10.2. The Kier molecular flexibility index (Phi) is 3.88. The van der Waals surface area contributed by atoms with Gasteiger partial charge in [-0.25, -0.2) is 0 Å². The Morgan fingerprint density at radius 2 is 1.95 bits per heavy atom. The number of para-hydroxylation sites is 1. The second kappa shape index (κ2) is 5.97. The van der Waals surface area contributed by atoms with E-state index in [1.165, 1.54) is 28.2 Å². The van der Waals surface area contributed by atoms with Gasteiger partial charge in [-0.1, -0.05) is 18.2 Å². The Balaban J connectivity index is 1.75. The van der Waals surface area contributed by atoms with Crippen LogP contribution >= 0.6 is 0 Å². The van der Waals surface area contributed by atoms with E-state index in [9.17, 15) is 0 Å². The highest BCUT2D eigenvalue weighted by molar-refractivity contribution is 5.40. The maximum absolute atomic E-state index is 3.95. The Morgan fingerprint density at radius 1 is 1.14 bits per heavy atom. The Morgan fingerprint density at radius 3 is 2.67 bits per heavy atom. The summed E-state index contributed by atoms with van der Waals surface area (Å²) in [4.78, 5) is 0. The van der Waals surface area contributed by atoms with Gasteiger partial charge in [0.25, 0.3) is 0 Å². The molecule has 3 rings (SSSR count). The Bertz CT molecular complexity index is 696. The lowest BCUT2D eigenvalue weighted by Crippen LogP contribution is -2.12. The van der Waals surface area contributed by atoms with Crippen molar-refractivity contribution in [3.8, 4) is 5.69 Å². The fraction of sp³-hybridized carbons (Fsp3) is 0.235. The van der Waals surface area contributed by atoms with Crippen LogP contribution < -0.4 is 5.32 Å². The summed E-state index contributed by atoms with van der Waals surface area (Å²) in [6.07, 6.45) is 3.76. The normalized spacial score (nSPS) is 11.0. The van der Waals surface area contributed by atoms with Crippen molar-refractivity contribution >= 4 is 0 Å². The third kappa shape index (κ3) is 2.90. The molecule has 0 aliphatic rings. The van der Waals surface area contributed by atoms with E-state index < -0.39 is 0 Å². The van der Waals surface area contributed by atoms with E-state index in [0.717, 1.165) is 13.1 Å². The molecule has 0 aliphatic heterocycles. The van der Waals surface area contributed by atoms with Crippen LogP contribution in [0.25, 0.3) is 5.69 Å². The molecule has 2 N–H and O–H groups in total. The zero-order valence-electron chi connectivity index (χ0n) is 12.4. The van der Waals surface area contributed by atoms with Gasteiger partial charge in [0.05, 0.1) is 6.20 Å². The second-order valence-corrected chi connectivity index (χ2v) is 5.28. The highest BCUT2D eigenvalue weighted by Gasteiger charge is 2.10. The first-order valence-corrected chi connectivity index (χ1v) is 7.17. The van der Waals surface area contributed by atoms with Gasteiger partial charge in [-0.15, -0.1) is 0 Å². The molecule has 0 radical (unpaired) electrons. The summed E-state index contributed by atoms with van der Waals surface area (Å²) in [6.45, 7) is 6.01. The highest BCUT2D eigenvalue weighted by Crippen LogP contribution is 2.20. The number of aromatic amines is 1. The molecule has 0 atom stereocenters. The average Bonchev–Trinajstić information content (AvgIpc) is 3.09. The minimum Gasteiger partial charge on any atom is -0.318 e. The molecule has 2 heterocycles. The number of nitrogens with zero attached hydrogens (tertiary/aromatic N) is 2. The van der Waals surface area contributed by atoms with Crippen molar-refractivity contribution < 1.29 is 0 Å². The summed E-state index contributed by atoms with van der Waals surface area (Å²) in [5.41, 5.74) is 6.28.